The van der Waals surface area contributed by atoms with Crippen molar-refractivity contribution in [2.45, 2.75) is 18.9 Å². The van der Waals surface area contributed by atoms with Gasteiger partial charge in [-0.3, -0.25) is 4.79 Å². The van der Waals surface area contributed by atoms with Crippen LogP contribution in [-0.4, -0.2) is 28.3 Å². The van der Waals surface area contributed by atoms with E-state index in [0.717, 1.165) is 5.69 Å². The van der Waals surface area contributed by atoms with Crippen molar-refractivity contribution in [2.24, 2.45) is 11.7 Å². The van der Waals surface area contributed by atoms with Crippen LogP contribution in [-0.2, 0) is 0 Å². The monoisotopic (exact) mass is 304 g/mol. The van der Waals surface area contributed by atoms with E-state index in [4.69, 9.17) is 17.3 Å². The van der Waals surface area contributed by atoms with Crippen molar-refractivity contribution >= 4 is 17.5 Å². The Morgan fingerprint density at radius 1 is 1.52 bits per heavy atom. The predicted octanol–water partition coefficient (Wildman–Crippen LogP) is 1.99. The van der Waals surface area contributed by atoms with E-state index in [9.17, 15) is 4.79 Å². The van der Waals surface area contributed by atoms with Gasteiger partial charge >= 0.3 is 0 Å². The number of amides is 1. The van der Waals surface area contributed by atoms with Crippen LogP contribution in [0.3, 0.4) is 0 Å². The van der Waals surface area contributed by atoms with Gasteiger partial charge in [0.05, 0.1) is 17.4 Å². The molecule has 3 N–H and O–H groups in total. The number of nitrogens with zero attached hydrogens (tertiary/aromatic N) is 2. The van der Waals surface area contributed by atoms with E-state index in [2.05, 4.69) is 10.4 Å². The van der Waals surface area contributed by atoms with E-state index in [1.165, 1.54) is 12.8 Å². The summed E-state index contributed by atoms with van der Waals surface area (Å²) in [6.07, 6.45) is 5.57. The molecule has 0 bridgehead atoms. The molecule has 0 radical (unpaired) electrons. The van der Waals surface area contributed by atoms with E-state index in [-0.39, 0.29) is 11.9 Å². The highest BCUT2D eigenvalue weighted by atomic mass is 35.5. The summed E-state index contributed by atoms with van der Waals surface area (Å²) in [7, 11) is 0. The van der Waals surface area contributed by atoms with Gasteiger partial charge < -0.3 is 11.1 Å². The second-order valence-corrected chi connectivity index (χ2v) is 5.80. The van der Waals surface area contributed by atoms with E-state index in [1.807, 2.05) is 12.1 Å². The summed E-state index contributed by atoms with van der Waals surface area (Å²) >= 11 is 5.95. The fraction of sp³-hybridized carbons (Fsp3) is 0.333. The Kier molecular flexibility index (Phi) is 3.94. The second-order valence-electron chi connectivity index (χ2n) is 5.36. The van der Waals surface area contributed by atoms with Crippen molar-refractivity contribution in [3.63, 3.8) is 0 Å². The lowest BCUT2D eigenvalue weighted by atomic mass is 10.2. The quantitative estimate of drug-likeness (QED) is 0.887. The van der Waals surface area contributed by atoms with Gasteiger partial charge in [0, 0.05) is 23.8 Å². The Morgan fingerprint density at radius 2 is 2.33 bits per heavy atom. The number of benzene rings is 1. The highest BCUT2D eigenvalue weighted by Gasteiger charge is 2.28. The smallest absolute Gasteiger partial charge is 0.254 e. The number of hydrogen-bond donors (Lipinski definition) is 2. The zero-order chi connectivity index (χ0) is 14.8. The molecule has 1 aromatic carbocycles. The van der Waals surface area contributed by atoms with Crippen LogP contribution in [0.1, 0.15) is 23.2 Å². The maximum Gasteiger partial charge on any atom is 0.254 e. The molecule has 0 saturated heterocycles. The van der Waals surface area contributed by atoms with Crippen molar-refractivity contribution in [1.82, 2.24) is 15.1 Å². The zero-order valence-electron chi connectivity index (χ0n) is 11.5. The van der Waals surface area contributed by atoms with Crippen LogP contribution in [0.25, 0.3) is 5.69 Å². The molecule has 1 saturated carbocycles. The molecule has 6 heteroatoms. The molecule has 0 spiro atoms. The summed E-state index contributed by atoms with van der Waals surface area (Å²) in [4.78, 5) is 12.1. The topological polar surface area (TPSA) is 72.9 Å². The molecule has 3 rings (SSSR count). The van der Waals surface area contributed by atoms with Gasteiger partial charge in [-0.2, -0.15) is 5.10 Å². The van der Waals surface area contributed by atoms with Crippen LogP contribution in [0, 0.1) is 5.92 Å². The summed E-state index contributed by atoms with van der Waals surface area (Å²) in [5.41, 5.74) is 7.30. The number of hydrogen-bond acceptors (Lipinski definition) is 3. The van der Waals surface area contributed by atoms with Crippen LogP contribution in [0.4, 0.5) is 0 Å². The first-order valence-electron chi connectivity index (χ1n) is 6.98. The number of aromatic nitrogens is 2. The molecule has 1 fully saturated rings. The minimum absolute atomic E-state index is 0.0527. The van der Waals surface area contributed by atoms with E-state index in [1.54, 1.807) is 29.2 Å². The molecular weight excluding hydrogens is 288 g/mol. The lowest BCUT2D eigenvalue weighted by molar-refractivity contribution is 0.0950. The van der Waals surface area contributed by atoms with Gasteiger partial charge in [-0.25, -0.2) is 4.68 Å². The average Bonchev–Trinajstić information content (AvgIpc) is 3.21. The number of nitrogens with two attached hydrogens (primary N) is 1. The molecular formula is C15H17ClN4O. The Labute approximate surface area is 128 Å². The molecule has 1 heterocycles. The standard InChI is InChI=1S/C15H17ClN4O/c16-12-2-1-3-13(6-12)20-9-11(7-19-20)15(21)18-8-14(17)10-4-5-10/h1-3,6-7,9-10,14H,4-5,8,17H2,(H,18,21). The Hall–Kier alpha value is -1.85. The minimum Gasteiger partial charge on any atom is -0.350 e. The number of rotatable bonds is 5. The second kappa shape index (κ2) is 5.87. The molecule has 0 aliphatic heterocycles. The molecule has 1 aliphatic rings. The van der Waals surface area contributed by atoms with Crippen LogP contribution in [0.15, 0.2) is 36.7 Å². The number of halogens is 1. The molecule has 110 valence electrons. The molecule has 1 aromatic heterocycles. The number of carbonyl (C=O) groups excluding carboxylic acids is 1. The Bertz CT molecular complexity index is 651. The molecule has 1 atom stereocenters. The largest absolute Gasteiger partial charge is 0.350 e. The average molecular weight is 305 g/mol. The van der Waals surface area contributed by atoms with E-state index in [0.29, 0.717) is 23.0 Å². The van der Waals surface area contributed by atoms with Gasteiger partial charge in [-0.05, 0) is 37.0 Å². The predicted molar refractivity (Wildman–Crippen MR) is 81.6 cm³/mol. The van der Waals surface area contributed by atoms with E-state index < -0.39 is 0 Å². The normalized spacial score (nSPS) is 15.7. The van der Waals surface area contributed by atoms with Crippen molar-refractivity contribution in [3.05, 3.63) is 47.2 Å². The van der Waals surface area contributed by atoms with Gasteiger partial charge in [-0.1, -0.05) is 17.7 Å². The molecule has 21 heavy (non-hydrogen) atoms. The number of carbonyl (C=O) groups is 1. The highest BCUT2D eigenvalue weighted by molar-refractivity contribution is 6.30. The maximum absolute atomic E-state index is 12.1. The van der Waals surface area contributed by atoms with Crippen molar-refractivity contribution in [2.75, 3.05) is 6.54 Å². The summed E-state index contributed by atoms with van der Waals surface area (Å²) in [6, 6.07) is 7.36. The van der Waals surface area contributed by atoms with Gasteiger partial charge in [0.15, 0.2) is 0 Å². The number of nitrogens with one attached hydrogen (secondary N) is 1. The Balaban J connectivity index is 1.65. The fourth-order valence-electron chi connectivity index (χ4n) is 2.20. The third-order valence-corrected chi connectivity index (χ3v) is 3.88. The van der Waals surface area contributed by atoms with Crippen LogP contribution < -0.4 is 11.1 Å². The first kappa shape index (κ1) is 14.1. The van der Waals surface area contributed by atoms with Crippen molar-refractivity contribution in [1.29, 1.82) is 0 Å². The summed E-state index contributed by atoms with van der Waals surface area (Å²) in [5, 5.41) is 7.67. The fourth-order valence-corrected chi connectivity index (χ4v) is 2.39. The van der Waals surface area contributed by atoms with Crippen LogP contribution >= 0.6 is 11.6 Å². The van der Waals surface area contributed by atoms with Crippen molar-refractivity contribution < 1.29 is 4.79 Å². The van der Waals surface area contributed by atoms with Crippen LogP contribution in [0.5, 0.6) is 0 Å². The summed E-state index contributed by atoms with van der Waals surface area (Å²) < 4.78 is 1.63. The zero-order valence-corrected chi connectivity index (χ0v) is 12.3. The molecule has 1 amide bonds. The van der Waals surface area contributed by atoms with E-state index >= 15 is 0 Å². The molecule has 2 aromatic rings. The molecule has 1 aliphatic carbocycles. The van der Waals surface area contributed by atoms with Gasteiger partial charge in [0.1, 0.15) is 0 Å². The lowest BCUT2D eigenvalue weighted by Crippen LogP contribution is -2.38. The van der Waals surface area contributed by atoms with Crippen molar-refractivity contribution in [3.8, 4) is 5.69 Å². The third kappa shape index (κ3) is 3.43. The van der Waals surface area contributed by atoms with Gasteiger partial charge in [-0.15, -0.1) is 0 Å². The van der Waals surface area contributed by atoms with Crippen LogP contribution in [0.2, 0.25) is 5.02 Å². The SMILES string of the molecule is NC(CNC(=O)c1cnn(-c2cccc(Cl)c2)c1)C1CC1. The summed E-state index contributed by atoms with van der Waals surface area (Å²) in [6.45, 7) is 0.506. The van der Waals surface area contributed by atoms with Gasteiger partial charge in [0.2, 0.25) is 0 Å². The van der Waals surface area contributed by atoms with Gasteiger partial charge in [0.25, 0.3) is 5.91 Å². The molecule has 5 nitrogen and oxygen atoms in total. The third-order valence-electron chi connectivity index (χ3n) is 3.64. The maximum atomic E-state index is 12.1. The first-order valence-corrected chi connectivity index (χ1v) is 7.35. The summed E-state index contributed by atoms with van der Waals surface area (Å²) in [5.74, 6) is 0.416. The first-order chi connectivity index (χ1) is 10.1. The minimum atomic E-state index is -0.153. The lowest BCUT2D eigenvalue weighted by Gasteiger charge is -2.10. The Morgan fingerprint density at radius 3 is 3.05 bits per heavy atom. The highest BCUT2D eigenvalue weighted by Crippen LogP contribution is 2.31. The molecule has 1 unspecified atom stereocenters.